The van der Waals surface area contributed by atoms with Gasteiger partial charge in [-0.05, 0) is 42.9 Å². The van der Waals surface area contributed by atoms with Crippen LogP contribution in [0.15, 0.2) is 18.2 Å². The Kier molecular flexibility index (Phi) is 2.77. The average molecular weight is 263 g/mol. The van der Waals surface area contributed by atoms with Crippen LogP contribution in [-0.4, -0.2) is 9.78 Å². The standard InChI is InChI=1S/C14H15F2N3/c1-19-14(17)13(12(18-19)4-8-2-3-8)9-5-10(15)7-11(16)6-9/h5-8H,2-4,17H2,1H3. The SMILES string of the molecule is Cn1nc(CC2CC2)c(-c2cc(F)cc(F)c2)c1N. The normalized spacial score (nSPS) is 14.9. The van der Waals surface area contributed by atoms with E-state index in [0.29, 0.717) is 22.9 Å². The molecule has 19 heavy (non-hydrogen) atoms. The first kappa shape index (κ1) is 12.1. The number of hydrogen-bond donors (Lipinski definition) is 1. The molecule has 1 aromatic heterocycles. The molecule has 0 aliphatic heterocycles. The summed E-state index contributed by atoms with van der Waals surface area (Å²) in [5, 5.41) is 4.37. The molecule has 2 N–H and O–H groups in total. The van der Waals surface area contributed by atoms with Gasteiger partial charge in [0, 0.05) is 18.7 Å². The molecule has 0 unspecified atom stereocenters. The van der Waals surface area contributed by atoms with Gasteiger partial charge in [-0.3, -0.25) is 4.68 Å². The van der Waals surface area contributed by atoms with Gasteiger partial charge in [0.05, 0.1) is 5.69 Å². The third-order valence-corrected chi connectivity index (χ3v) is 3.49. The molecule has 5 heteroatoms. The molecule has 1 aliphatic rings. The van der Waals surface area contributed by atoms with E-state index >= 15 is 0 Å². The summed E-state index contributed by atoms with van der Waals surface area (Å²) in [4.78, 5) is 0. The predicted octanol–water partition coefficient (Wildman–Crippen LogP) is 2.90. The van der Waals surface area contributed by atoms with E-state index in [-0.39, 0.29) is 0 Å². The van der Waals surface area contributed by atoms with Crippen LogP contribution in [-0.2, 0) is 13.5 Å². The van der Waals surface area contributed by atoms with Crippen LogP contribution in [0.3, 0.4) is 0 Å². The molecule has 0 amide bonds. The fourth-order valence-corrected chi connectivity index (χ4v) is 2.35. The summed E-state index contributed by atoms with van der Waals surface area (Å²) in [5.41, 5.74) is 7.93. The Hall–Kier alpha value is -1.91. The van der Waals surface area contributed by atoms with Gasteiger partial charge in [0.15, 0.2) is 0 Å². The second-order valence-electron chi connectivity index (χ2n) is 5.14. The zero-order chi connectivity index (χ0) is 13.6. The number of anilines is 1. The molecule has 3 nitrogen and oxygen atoms in total. The van der Waals surface area contributed by atoms with E-state index in [9.17, 15) is 8.78 Å². The van der Waals surface area contributed by atoms with Crippen molar-refractivity contribution < 1.29 is 8.78 Å². The predicted molar refractivity (Wildman–Crippen MR) is 69.4 cm³/mol. The number of rotatable bonds is 3. The van der Waals surface area contributed by atoms with Crippen LogP contribution >= 0.6 is 0 Å². The smallest absolute Gasteiger partial charge is 0.129 e. The van der Waals surface area contributed by atoms with Gasteiger partial charge in [0.2, 0.25) is 0 Å². The largest absolute Gasteiger partial charge is 0.383 e. The molecule has 1 aromatic carbocycles. The van der Waals surface area contributed by atoms with Crippen molar-refractivity contribution in [3.63, 3.8) is 0 Å². The minimum Gasteiger partial charge on any atom is -0.383 e. The third-order valence-electron chi connectivity index (χ3n) is 3.49. The van der Waals surface area contributed by atoms with E-state index in [0.717, 1.165) is 18.2 Å². The highest BCUT2D eigenvalue weighted by atomic mass is 19.1. The Balaban J connectivity index is 2.11. The van der Waals surface area contributed by atoms with Crippen LogP contribution in [0.1, 0.15) is 18.5 Å². The third kappa shape index (κ3) is 2.32. The fourth-order valence-electron chi connectivity index (χ4n) is 2.35. The molecule has 2 aromatic rings. The van der Waals surface area contributed by atoms with Crippen LogP contribution < -0.4 is 5.73 Å². The second-order valence-corrected chi connectivity index (χ2v) is 5.14. The average Bonchev–Trinajstić information content (AvgIpc) is 3.06. The molecule has 3 rings (SSSR count). The van der Waals surface area contributed by atoms with Gasteiger partial charge >= 0.3 is 0 Å². The second kappa shape index (κ2) is 4.33. The molecule has 100 valence electrons. The number of aryl methyl sites for hydroxylation is 1. The first-order chi connectivity index (χ1) is 9.04. The first-order valence-corrected chi connectivity index (χ1v) is 6.32. The maximum Gasteiger partial charge on any atom is 0.129 e. The topological polar surface area (TPSA) is 43.8 Å². The van der Waals surface area contributed by atoms with Crippen molar-refractivity contribution in [3.05, 3.63) is 35.5 Å². The van der Waals surface area contributed by atoms with Crippen LogP contribution in [0.2, 0.25) is 0 Å². The van der Waals surface area contributed by atoms with Crippen molar-refractivity contribution in [1.29, 1.82) is 0 Å². The molecule has 0 atom stereocenters. The highest BCUT2D eigenvalue weighted by Gasteiger charge is 2.26. The summed E-state index contributed by atoms with van der Waals surface area (Å²) >= 11 is 0. The van der Waals surface area contributed by atoms with E-state index in [2.05, 4.69) is 5.10 Å². The van der Waals surface area contributed by atoms with Crippen molar-refractivity contribution in [2.75, 3.05) is 5.73 Å². The summed E-state index contributed by atoms with van der Waals surface area (Å²) in [6.07, 6.45) is 3.19. The van der Waals surface area contributed by atoms with E-state index < -0.39 is 11.6 Å². The number of halogens is 2. The molecule has 1 fully saturated rings. The van der Waals surface area contributed by atoms with Gasteiger partial charge in [-0.1, -0.05) is 0 Å². The quantitative estimate of drug-likeness (QED) is 0.925. The highest BCUT2D eigenvalue weighted by Crippen LogP contribution is 2.37. The zero-order valence-electron chi connectivity index (χ0n) is 10.7. The molecular formula is C14H15F2N3. The summed E-state index contributed by atoms with van der Waals surface area (Å²) < 4.78 is 28.3. The lowest BCUT2D eigenvalue weighted by Crippen LogP contribution is -1.98. The number of nitrogen functional groups attached to an aromatic ring is 1. The molecule has 0 bridgehead atoms. The monoisotopic (exact) mass is 263 g/mol. The minimum absolute atomic E-state index is 0.445. The molecular weight excluding hydrogens is 248 g/mol. The summed E-state index contributed by atoms with van der Waals surface area (Å²) in [6, 6.07) is 3.45. The van der Waals surface area contributed by atoms with Gasteiger partial charge in [0.1, 0.15) is 17.5 Å². The van der Waals surface area contributed by atoms with E-state index in [4.69, 9.17) is 5.73 Å². The Morgan fingerprint density at radius 3 is 2.47 bits per heavy atom. The molecule has 0 spiro atoms. The van der Waals surface area contributed by atoms with Crippen LogP contribution in [0.5, 0.6) is 0 Å². The van der Waals surface area contributed by atoms with Crippen molar-refractivity contribution in [2.24, 2.45) is 13.0 Å². The molecule has 1 saturated carbocycles. The van der Waals surface area contributed by atoms with Crippen LogP contribution in [0.4, 0.5) is 14.6 Å². The molecule has 0 saturated heterocycles. The minimum atomic E-state index is -0.601. The van der Waals surface area contributed by atoms with Gasteiger partial charge in [-0.2, -0.15) is 5.10 Å². The zero-order valence-corrected chi connectivity index (χ0v) is 10.7. The van der Waals surface area contributed by atoms with Crippen LogP contribution in [0.25, 0.3) is 11.1 Å². The molecule has 0 radical (unpaired) electrons. The lowest BCUT2D eigenvalue weighted by molar-refractivity contribution is 0.584. The number of hydrogen-bond acceptors (Lipinski definition) is 2. The Labute approximate surface area is 110 Å². The Morgan fingerprint density at radius 1 is 1.26 bits per heavy atom. The van der Waals surface area contributed by atoms with E-state index in [1.807, 2.05) is 0 Å². The van der Waals surface area contributed by atoms with Gasteiger partial charge in [-0.25, -0.2) is 8.78 Å². The summed E-state index contributed by atoms with van der Waals surface area (Å²) in [7, 11) is 1.74. The number of aromatic nitrogens is 2. The Morgan fingerprint density at radius 2 is 1.89 bits per heavy atom. The van der Waals surface area contributed by atoms with Crippen molar-refractivity contribution in [1.82, 2.24) is 9.78 Å². The maximum absolute atomic E-state index is 13.4. The fraction of sp³-hybridized carbons (Fsp3) is 0.357. The lowest BCUT2D eigenvalue weighted by atomic mass is 10.0. The van der Waals surface area contributed by atoms with E-state index in [1.165, 1.54) is 25.0 Å². The Bertz CT molecular complexity index is 610. The van der Waals surface area contributed by atoms with Gasteiger partial charge in [0.25, 0.3) is 0 Å². The van der Waals surface area contributed by atoms with Crippen molar-refractivity contribution >= 4 is 5.82 Å². The lowest BCUT2D eigenvalue weighted by Gasteiger charge is -2.04. The molecule has 1 aliphatic carbocycles. The van der Waals surface area contributed by atoms with Crippen LogP contribution in [0, 0.1) is 17.6 Å². The highest BCUT2D eigenvalue weighted by molar-refractivity contribution is 5.76. The summed E-state index contributed by atoms with van der Waals surface area (Å²) in [6.45, 7) is 0. The first-order valence-electron chi connectivity index (χ1n) is 6.32. The summed E-state index contributed by atoms with van der Waals surface area (Å²) in [5.74, 6) is -0.127. The number of benzene rings is 1. The van der Waals surface area contributed by atoms with E-state index in [1.54, 1.807) is 11.7 Å². The maximum atomic E-state index is 13.4. The molecule has 1 heterocycles. The van der Waals surface area contributed by atoms with Crippen molar-refractivity contribution in [3.8, 4) is 11.1 Å². The van der Waals surface area contributed by atoms with Gasteiger partial charge < -0.3 is 5.73 Å². The van der Waals surface area contributed by atoms with Crippen molar-refractivity contribution in [2.45, 2.75) is 19.3 Å². The number of nitrogens with zero attached hydrogens (tertiary/aromatic N) is 2. The van der Waals surface area contributed by atoms with Gasteiger partial charge in [-0.15, -0.1) is 0 Å². The number of nitrogens with two attached hydrogens (primary N) is 1.